The van der Waals surface area contributed by atoms with Crippen molar-refractivity contribution in [3.8, 4) is 0 Å². The Morgan fingerprint density at radius 1 is 1.50 bits per heavy atom. The van der Waals surface area contributed by atoms with Crippen molar-refractivity contribution >= 4 is 11.4 Å². The molecule has 110 valence electrons. The molecule has 0 amide bonds. The second-order valence-electron chi connectivity index (χ2n) is 5.44. The molecular weight excluding hydrogens is 254 g/mol. The zero-order valence-corrected chi connectivity index (χ0v) is 12.0. The van der Waals surface area contributed by atoms with Gasteiger partial charge in [-0.1, -0.05) is 13.0 Å². The summed E-state index contributed by atoms with van der Waals surface area (Å²) in [5.41, 5.74) is 1.14. The Morgan fingerprint density at radius 2 is 2.35 bits per heavy atom. The van der Waals surface area contributed by atoms with E-state index in [4.69, 9.17) is 0 Å². The summed E-state index contributed by atoms with van der Waals surface area (Å²) in [6, 6.07) is 6.98. The Bertz CT molecular complexity index is 444. The lowest BCUT2D eigenvalue weighted by atomic mass is 9.98. The van der Waals surface area contributed by atoms with E-state index in [2.05, 4.69) is 17.1 Å². The van der Waals surface area contributed by atoms with Gasteiger partial charge in [-0.15, -0.1) is 0 Å². The normalized spacial score (nSPS) is 18.8. The predicted octanol–water partition coefficient (Wildman–Crippen LogP) is 2.81. The lowest BCUT2D eigenvalue weighted by Crippen LogP contribution is -2.38. The van der Waals surface area contributed by atoms with E-state index in [1.807, 2.05) is 6.07 Å². The molecular formula is C15H23N3O2. The molecule has 2 rings (SSSR count). The zero-order valence-electron chi connectivity index (χ0n) is 12.0. The maximum atomic E-state index is 10.9. The lowest BCUT2D eigenvalue weighted by Gasteiger charge is -2.31. The van der Waals surface area contributed by atoms with Gasteiger partial charge in [0.1, 0.15) is 0 Å². The number of nitrogens with one attached hydrogen (secondary N) is 1. The fourth-order valence-corrected chi connectivity index (χ4v) is 2.79. The van der Waals surface area contributed by atoms with Crippen LogP contribution in [0.4, 0.5) is 11.4 Å². The summed E-state index contributed by atoms with van der Waals surface area (Å²) in [6.07, 6.45) is 3.50. The summed E-state index contributed by atoms with van der Waals surface area (Å²) in [7, 11) is 0. The molecule has 1 heterocycles. The summed E-state index contributed by atoms with van der Waals surface area (Å²) < 4.78 is 0. The number of benzene rings is 1. The Labute approximate surface area is 120 Å². The van der Waals surface area contributed by atoms with Gasteiger partial charge in [-0.3, -0.25) is 10.1 Å². The van der Waals surface area contributed by atoms with Crippen LogP contribution >= 0.6 is 0 Å². The molecule has 0 saturated carbocycles. The van der Waals surface area contributed by atoms with Crippen molar-refractivity contribution in [2.24, 2.45) is 5.92 Å². The van der Waals surface area contributed by atoms with Gasteiger partial charge in [-0.25, -0.2) is 0 Å². The fraction of sp³-hybridized carbons (Fsp3) is 0.600. The first-order valence-electron chi connectivity index (χ1n) is 7.41. The van der Waals surface area contributed by atoms with Gasteiger partial charge in [0.2, 0.25) is 0 Å². The first-order valence-corrected chi connectivity index (χ1v) is 7.41. The minimum Gasteiger partial charge on any atom is -0.371 e. The quantitative estimate of drug-likeness (QED) is 0.641. The van der Waals surface area contributed by atoms with Crippen LogP contribution in [0.1, 0.15) is 26.2 Å². The van der Waals surface area contributed by atoms with Crippen molar-refractivity contribution in [3.05, 3.63) is 34.4 Å². The van der Waals surface area contributed by atoms with Crippen LogP contribution in [0.25, 0.3) is 0 Å². The molecule has 1 aliphatic heterocycles. The average Bonchev–Trinajstić information content (AvgIpc) is 2.48. The Morgan fingerprint density at radius 3 is 3.00 bits per heavy atom. The van der Waals surface area contributed by atoms with Crippen LogP contribution in [-0.2, 0) is 0 Å². The van der Waals surface area contributed by atoms with E-state index in [0.717, 1.165) is 38.3 Å². The summed E-state index contributed by atoms with van der Waals surface area (Å²) in [4.78, 5) is 12.9. The molecule has 20 heavy (non-hydrogen) atoms. The highest BCUT2D eigenvalue weighted by Crippen LogP contribution is 2.23. The summed E-state index contributed by atoms with van der Waals surface area (Å²) in [6.45, 7) is 6.22. The Hall–Kier alpha value is -1.62. The zero-order chi connectivity index (χ0) is 14.4. The first kappa shape index (κ1) is 14.8. The highest BCUT2D eigenvalue weighted by atomic mass is 16.6. The van der Waals surface area contributed by atoms with Crippen molar-refractivity contribution in [2.45, 2.75) is 26.2 Å². The van der Waals surface area contributed by atoms with Crippen molar-refractivity contribution in [1.82, 2.24) is 5.32 Å². The van der Waals surface area contributed by atoms with Crippen LogP contribution in [0.2, 0.25) is 0 Å². The number of piperidine rings is 1. The minimum absolute atomic E-state index is 0.172. The third kappa shape index (κ3) is 3.93. The molecule has 0 aromatic heterocycles. The van der Waals surface area contributed by atoms with Gasteiger partial charge in [0.15, 0.2) is 0 Å². The van der Waals surface area contributed by atoms with Crippen LogP contribution in [0.15, 0.2) is 24.3 Å². The van der Waals surface area contributed by atoms with Gasteiger partial charge in [0.05, 0.1) is 4.92 Å². The number of hydrogen-bond donors (Lipinski definition) is 1. The molecule has 1 saturated heterocycles. The molecule has 1 N–H and O–H groups in total. The maximum Gasteiger partial charge on any atom is 0.271 e. The van der Waals surface area contributed by atoms with Crippen molar-refractivity contribution in [1.29, 1.82) is 0 Å². The van der Waals surface area contributed by atoms with Crippen molar-refractivity contribution in [2.75, 3.05) is 31.1 Å². The van der Waals surface area contributed by atoms with Gasteiger partial charge in [0.25, 0.3) is 5.69 Å². The molecule has 0 radical (unpaired) electrons. The summed E-state index contributed by atoms with van der Waals surface area (Å²) in [5.74, 6) is 0.634. The van der Waals surface area contributed by atoms with E-state index in [0.29, 0.717) is 5.92 Å². The van der Waals surface area contributed by atoms with Crippen LogP contribution in [0.3, 0.4) is 0 Å². The molecule has 0 spiro atoms. The number of rotatable bonds is 6. The highest BCUT2D eigenvalue weighted by molar-refractivity contribution is 5.53. The molecule has 0 bridgehead atoms. The van der Waals surface area contributed by atoms with E-state index in [-0.39, 0.29) is 10.6 Å². The number of hydrogen-bond acceptors (Lipinski definition) is 4. The molecule has 1 fully saturated rings. The van der Waals surface area contributed by atoms with Crippen molar-refractivity contribution in [3.63, 3.8) is 0 Å². The summed E-state index contributed by atoms with van der Waals surface area (Å²) in [5, 5.41) is 14.3. The average molecular weight is 277 g/mol. The van der Waals surface area contributed by atoms with E-state index < -0.39 is 0 Å². The molecule has 1 aliphatic rings. The molecule has 5 heteroatoms. The Balaban J connectivity index is 2.10. The monoisotopic (exact) mass is 277 g/mol. The minimum atomic E-state index is -0.324. The smallest absolute Gasteiger partial charge is 0.271 e. The third-order valence-corrected chi connectivity index (χ3v) is 3.78. The number of nitro benzene ring substituents is 1. The van der Waals surface area contributed by atoms with E-state index in [1.54, 1.807) is 18.2 Å². The number of non-ortho nitro benzene ring substituents is 1. The van der Waals surface area contributed by atoms with Gasteiger partial charge in [-0.05, 0) is 44.3 Å². The largest absolute Gasteiger partial charge is 0.371 e. The van der Waals surface area contributed by atoms with E-state index in [9.17, 15) is 10.1 Å². The highest BCUT2D eigenvalue weighted by Gasteiger charge is 2.18. The molecule has 5 nitrogen and oxygen atoms in total. The number of anilines is 1. The lowest BCUT2D eigenvalue weighted by molar-refractivity contribution is -0.384. The molecule has 0 aliphatic carbocycles. The van der Waals surface area contributed by atoms with Gasteiger partial charge < -0.3 is 10.2 Å². The van der Waals surface area contributed by atoms with Gasteiger partial charge in [0, 0.05) is 30.9 Å². The second kappa shape index (κ2) is 7.24. The van der Waals surface area contributed by atoms with Gasteiger partial charge >= 0.3 is 0 Å². The van der Waals surface area contributed by atoms with Crippen LogP contribution in [0, 0.1) is 16.0 Å². The van der Waals surface area contributed by atoms with E-state index in [1.165, 1.54) is 12.8 Å². The van der Waals surface area contributed by atoms with E-state index >= 15 is 0 Å². The number of nitro groups is 1. The van der Waals surface area contributed by atoms with Crippen LogP contribution in [0.5, 0.6) is 0 Å². The fourth-order valence-electron chi connectivity index (χ4n) is 2.79. The third-order valence-electron chi connectivity index (χ3n) is 3.78. The molecule has 1 aromatic carbocycles. The standard InChI is InChI=1S/C15H23N3O2/c1-2-9-17(12-13-5-4-8-16-11-13)14-6-3-7-15(10-14)18(19)20/h3,6-7,10,13,16H,2,4-5,8-9,11-12H2,1H3. The topological polar surface area (TPSA) is 58.4 Å². The summed E-state index contributed by atoms with van der Waals surface area (Å²) >= 11 is 0. The van der Waals surface area contributed by atoms with Crippen molar-refractivity contribution < 1.29 is 4.92 Å². The molecule has 1 aromatic rings. The Kier molecular flexibility index (Phi) is 5.35. The molecule has 1 atom stereocenters. The maximum absolute atomic E-state index is 10.9. The van der Waals surface area contributed by atoms with Crippen LogP contribution < -0.4 is 10.2 Å². The predicted molar refractivity (Wildman–Crippen MR) is 81.2 cm³/mol. The van der Waals surface area contributed by atoms with Crippen LogP contribution in [-0.4, -0.2) is 31.1 Å². The molecule has 1 unspecified atom stereocenters. The SMILES string of the molecule is CCCN(CC1CCCNC1)c1cccc([N+](=O)[O-])c1. The second-order valence-corrected chi connectivity index (χ2v) is 5.44. The number of nitrogens with zero attached hydrogens (tertiary/aromatic N) is 2. The van der Waals surface area contributed by atoms with Gasteiger partial charge in [-0.2, -0.15) is 0 Å². The first-order chi connectivity index (χ1) is 9.70.